The molecule has 0 saturated heterocycles. The average Bonchev–Trinajstić information content (AvgIpc) is 2.37. The highest BCUT2D eigenvalue weighted by atomic mass is 19.1. The van der Waals surface area contributed by atoms with Gasteiger partial charge in [0.05, 0.1) is 24.4 Å². The molecule has 0 aliphatic carbocycles. The summed E-state index contributed by atoms with van der Waals surface area (Å²) in [6, 6.07) is 1.08. The first-order chi connectivity index (χ1) is 8.51. The Kier molecular flexibility index (Phi) is 5.03. The summed E-state index contributed by atoms with van der Waals surface area (Å²) in [4.78, 5) is 17.6. The van der Waals surface area contributed by atoms with Crippen molar-refractivity contribution in [2.45, 2.75) is 13.0 Å². The fourth-order valence-corrected chi connectivity index (χ4v) is 1.54. The van der Waals surface area contributed by atoms with Gasteiger partial charge in [0, 0.05) is 21.2 Å². The third-order valence-electron chi connectivity index (χ3n) is 2.71. The van der Waals surface area contributed by atoms with Crippen molar-refractivity contribution in [2.75, 3.05) is 33.1 Å². The first kappa shape index (κ1) is 14.4. The van der Waals surface area contributed by atoms with Gasteiger partial charge in [0.25, 0.3) is 5.91 Å². The van der Waals surface area contributed by atoms with Gasteiger partial charge in [0.15, 0.2) is 0 Å². The predicted octanol–water partition coefficient (Wildman–Crippen LogP) is 1.37. The molecule has 1 aromatic heterocycles. The summed E-state index contributed by atoms with van der Waals surface area (Å²) >= 11 is 0. The van der Waals surface area contributed by atoms with Crippen LogP contribution in [0, 0.1) is 5.82 Å². The van der Waals surface area contributed by atoms with E-state index in [0.717, 1.165) is 6.20 Å². The standard InChI is InChI=1S/C12H18FN3O2/c1-8(7-18-4)16(3)12(17)10-5-9(13)6-15-11(10)14-2/h5-6,8H,7H2,1-4H3,(H,14,15). The Balaban J connectivity index is 2.98. The van der Waals surface area contributed by atoms with E-state index in [4.69, 9.17) is 4.74 Å². The maximum Gasteiger partial charge on any atom is 0.257 e. The molecule has 0 saturated carbocycles. The molecule has 0 aromatic carbocycles. The van der Waals surface area contributed by atoms with Crippen LogP contribution in [0.3, 0.4) is 0 Å². The third-order valence-corrected chi connectivity index (χ3v) is 2.71. The van der Waals surface area contributed by atoms with Gasteiger partial charge in [0.1, 0.15) is 11.6 Å². The lowest BCUT2D eigenvalue weighted by atomic mass is 10.2. The summed E-state index contributed by atoms with van der Waals surface area (Å²) < 4.78 is 18.2. The predicted molar refractivity (Wildman–Crippen MR) is 67.2 cm³/mol. The number of hydrogen-bond acceptors (Lipinski definition) is 4. The smallest absolute Gasteiger partial charge is 0.257 e. The number of methoxy groups -OCH3 is 1. The molecule has 1 amide bonds. The summed E-state index contributed by atoms with van der Waals surface area (Å²) in [5, 5.41) is 2.77. The highest BCUT2D eigenvalue weighted by Crippen LogP contribution is 2.16. The summed E-state index contributed by atoms with van der Waals surface area (Å²) in [5.74, 6) is -0.473. The van der Waals surface area contributed by atoms with E-state index in [-0.39, 0.29) is 17.5 Å². The minimum Gasteiger partial charge on any atom is -0.383 e. The second kappa shape index (κ2) is 6.30. The van der Waals surface area contributed by atoms with Gasteiger partial charge in [-0.1, -0.05) is 0 Å². The lowest BCUT2D eigenvalue weighted by Gasteiger charge is -2.25. The molecule has 1 unspecified atom stereocenters. The zero-order valence-electron chi connectivity index (χ0n) is 11.0. The van der Waals surface area contributed by atoms with E-state index in [0.29, 0.717) is 12.4 Å². The maximum absolute atomic E-state index is 13.2. The molecular weight excluding hydrogens is 237 g/mol. The molecule has 1 aromatic rings. The quantitative estimate of drug-likeness (QED) is 0.863. The molecule has 1 N–H and O–H groups in total. The van der Waals surface area contributed by atoms with Crippen molar-refractivity contribution >= 4 is 11.7 Å². The Labute approximate surface area is 106 Å². The van der Waals surface area contributed by atoms with Crippen LogP contribution < -0.4 is 5.32 Å². The summed E-state index contributed by atoms with van der Waals surface area (Å²) in [6.45, 7) is 2.27. The van der Waals surface area contributed by atoms with Gasteiger partial charge in [-0.15, -0.1) is 0 Å². The Hall–Kier alpha value is -1.69. The van der Waals surface area contributed by atoms with Crippen LogP contribution in [-0.4, -0.2) is 49.6 Å². The van der Waals surface area contributed by atoms with E-state index in [9.17, 15) is 9.18 Å². The summed E-state index contributed by atoms with van der Waals surface area (Å²) in [6.07, 6.45) is 1.07. The highest BCUT2D eigenvalue weighted by molar-refractivity contribution is 5.98. The maximum atomic E-state index is 13.2. The van der Waals surface area contributed by atoms with Gasteiger partial charge in [-0.3, -0.25) is 4.79 Å². The van der Waals surface area contributed by atoms with Crippen molar-refractivity contribution in [1.29, 1.82) is 0 Å². The Morgan fingerprint density at radius 2 is 2.33 bits per heavy atom. The summed E-state index contributed by atoms with van der Waals surface area (Å²) in [5.41, 5.74) is 0.211. The van der Waals surface area contributed by atoms with Crippen LogP contribution in [0.2, 0.25) is 0 Å². The molecule has 0 fully saturated rings. The number of amides is 1. The zero-order chi connectivity index (χ0) is 13.7. The van der Waals surface area contributed by atoms with Gasteiger partial charge in [-0.2, -0.15) is 0 Å². The molecule has 18 heavy (non-hydrogen) atoms. The second-order valence-corrected chi connectivity index (χ2v) is 4.02. The molecular formula is C12H18FN3O2. The van der Waals surface area contributed by atoms with E-state index in [1.165, 1.54) is 11.0 Å². The topological polar surface area (TPSA) is 54.5 Å². The van der Waals surface area contributed by atoms with E-state index in [1.807, 2.05) is 6.92 Å². The highest BCUT2D eigenvalue weighted by Gasteiger charge is 2.21. The van der Waals surface area contributed by atoms with Crippen molar-refractivity contribution in [1.82, 2.24) is 9.88 Å². The minimum atomic E-state index is -0.537. The SMILES string of the molecule is CNc1ncc(F)cc1C(=O)N(C)C(C)COC. The number of aromatic nitrogens is 1. The lowest BCUT2D eigenvalue weighted by Crippen LogP contribution is -2.38. The molecule has 0 aliphatic heterocycles. The van der Waals surface area contributed by atoms with Crippen LogP contribution in [0.1, 0.15) is 17.3 Å². The van der Waals surface area contributed by atoms with Crippen molar-refractivity contribution < 1.29 is 13.9 Å². The Morgan fingerprint density at radius 3 is 2.89 bits per heavy atom. The molecule has 0 radical (unpaired) electrons. The molecule has 1 atom stereocenters. The third kappa shape index (κ3) is 3.16. The number of halogens is 1. The number of nitrogens with one attached hydrogen (secondary N) is 1. The Bertz CT molecular complexity index is 426. The number of carbonyl (C=O) groups excluding carboxylic acids is 1. The number of ether oxygens (including phenoxy) is 1. The van der Waals surface area contributed by atoms with Crippen molar-refractivity contribution in [3.05, 3.63) is 23.6 Å². The van der Waals surface area contributed by atoms with Gasteiger partial charge in [0.2, 0.25) is 0 Å². The minimum absolute atomic E-state index is 0.101. The molecule has 0 bridgehead atoms. The van der Waals surface area contributed by atoms with Crippen LogP contribution in [0.25, 0.3) is 0 Å². The first-order valence-corrected chi connectivity index (χ1v) is 5.60. The molecule has 5 nitrogen and oxygen atoms in total. The molecule has 0 aliphatic rings. The molecule has 6 heteroatoms. The van der Waals surface area contributed by atoms with E-state index in [2.05, 4.69) is 10.3 Å². The number of pyridine rings is 1. The van der Waals surface area contributed by atoms with Crippen LogP contribution in [0.15, 0.2) is 12.3 Å². The van der Waals surface area contributed by atoms with Gasteiger partial charge in [-0.25, -0.2) is 9.37 Å². The van der Waals surface area contributed by atoms with Crippen molar-refractivity contribution in [3.63, 3.8) is 0 Å². The number of hydrogen-bond donors (Lipinski definition) is 1. The van der Waals surface area contributed by atoms with Crippen LogP contribution in [0.4, 0.5) is 10.2 Å². The number of anilines is 1. The Morgan fingerprint density at radius 1 is 1.67 bits per heavy atom. The molecule has 0 spiro atoms. The van der Waals surface area contributed by atoms with Gasteiger partial charge < -0.3 is 15.0 Å². The van der Waals surface area contributed by atoms with Gasteiger partial charge in [-0.05, 0) is 13.0 Å². The normalized spacial score (nSPS) is 12.1. The zero-order valence-corrected chi connectivity index (χ0v) is 11.0. The van der Waals surface area contributed by atoms with Crippen molar-refractivity contribution in [3.8, 4) is 0 Å². The van der Waals surface area contributed by atoms with E-state index in [1.54, 1.807) is 21.2 Å². The number of nitrogens with zero attached hydrogens (tertiary/aromatic N) is 2. The lowest BCUT2D eigenvalue weighted by molar-refractivity contribution is 0.0633. The average molecular weight is 255 g/mol. The second-order valence-electron chi connectivity index (χ2n) is 4.02. The fraction of sp³-hybridized carbons (Fsp3) is 0.500. The molecule has 100 valence electrons. The molecule has 1 heterocycles. The first-order valence-electron chi connectivity index (χ1n) is 5.60. The fourth-order valence-electron chi connectivity index (χ4n) is 1.54. The van der Waals surface area contributed by atoms with Crippen LogP contribution >= 0.6 is 0 Å². The molecule has 1 rings (SSSR count). The summed E-state index contributed by atoms with van der Waals surface area (Å²) in [7, 11) is 4.85. The van der Waals surface area contributed by atoms with E-state index < -0.39 is 5.82 Å². The van der Waals surface area contributed by atoms with E-state index >= 15 is 0 Å². The monoisotopic (exact) mass is 255 g/mol. The van der Waals surface area contributed by atoms with Crippen molar-refractivity contribution in [2.24, 2.45) is 0 Å². The largest absolute Gasteiger partial charge is 0.383 e. The number of rotatable bonds is 5. The van der Waals surface area contributed by atoms with Crippen LogP contribution in [-0.2, 0) is 4.74 Å². The number of carbonyl (C=O) groups is 1. The number of likely N-dealkylation sites (N-methyl/N-ethyl adjacent to an activating group) is 1. The van der Waals surface area contributed by atoms with Gasteiger partial charge >= 0.3 is 0 Å². The van der Waals surface area contributed by atoms with Crippen LogP contribution in [0.5, 0.6) is 0 Å².